The molecular formula is C51H77N5O10S. The van der Waals surface area contributed by atoms with E-state index in [1.165, 1.54) is 86.6 Å². The number of nitrogens with two attached hydrogens (primary N) is 2. The van der Waals surface area contributed by atoms with E-state index in [4.69, 9.17) is 11.5 Å². The quantitative estimate of drug-likeness (QED) is 0.0678. The van der Waals surface area contributed by atoms with Crippen molar-refractivity contribution in [1.29, 1.82) is 0 Å². The van der Waals surface area contributed by atoms with Crippen molar-refractivity contribution in [2.24, 2.45) is 29.2 Å². The third kappa shape index (κ3) is 16.1. The molecule has 0 radical (unpaired) electrons. The first-order chi connectivity index (χ1) is 31.9. The van der Waals surface area contributed by atoms with Crippen molar-refractivity contribution in [2.75, 3.05) is 31.6 Å². The fourth-order valence-electron chi connectivity index (χ4n) is 9.54. The number of Topliss-reactive ketones (excluding diaryl/α,β-unsaturated/α-hetero) is 2. The number of phenols is 2. The van der Waals surface area contributed by atoms with Gasteiger partial charge in [0.1, 0.15) is 23.6 Å². The van der Waals surface area contributed by atoms with Gasteiger partial charge in [-0.2, -0.15) is 0 Å². The number of likely N-dealkylation sites (N-methyl/N-ethyl adjacent to an activating group) is 1. The summed E-state index contributed by atoms with van der Waals surface area (Å²) in [5.74, 6) is -7.01. The van der Waals surface area contributed by atoms with Crippen LogP contribution in [-0.4, -0.2) is 107 Å². The number of fused-ring (bicyclic) bond motifs is 5. The largest absolute Gasteiger partial charge is 0.507 e. The van der Waals surface area contributed by atoms with Gasteiger partial charge >= 0.3 is 0 Å². The van der Waals surface area contributed by atoms with Gasteiger partial charge in [-0.05, 0) is 80.5 Å². The van der Waals surface area contributed by atoms with Gasteiger partial charge < -0.3 is 36.8 Å². The predicted octanol–water partition coefficient (Wildman–Crippen LogP) is 6.44. The molecule has 16 heteroatoms. The molecule has 6 atom stereocenters. The van der Waals surface area contributed by atoms with Crippen molar-refractivity contribution in [3.8, 4) is 22.6 Å². The fraction of sp³-hybridized carbons (Fsp3) is 0.647. The molecule has 0 aromatic heterocycles. The van der Waals surface area contributed by atoms with Crippen LogP contribution in [0.1, 0.15) is 154 Å². The highest BCUT2D eigenvalue weighted by Gasteiger charge is 2.38. The van der Waals surface area contributed by atoms with Crippen molar-refractivity contribution in [1.82, 2.24) is 15.1 Å². The molecule has 67 heavy (non-hydrogen) atoms. The topological polar surface area (TPSA) is 248 Å². The van der Waals surface area contributed by atoms with Crippen LogP contribution in [0.3, 0.4) is 0 Å². The highest BCUT2D eigenvalue weighted by molar-refractivity contribution is 7.91. The summed E-state index contributed by atoms with van der Waals surface area (Å²) in [6, 6.07) is 5.59. The van der Waals surface area contributed by atoms with Gasteiger partial charge in [0.2, 0.25) is 23.6 Å². The Balaban J connectivity index is 1.59. The van der Waals surface area contributed by atoms with E-state index in [9.17, 15) is 47.4 Å². The number of rotatable bonds is 25. The number of hydrogen-bond acceptors (Lipinski definition) is 11. The van der Waals surface area contributed by atoms with E-state index in [0.29, 0.717) is 50.8 Å². The number of aromatic hydroxyl groups is 2. The maximum absolute atomic E-state index is 14.6. The van der Waals surface area contributed by atoms with Gasteiger partial charge in [0.15, 0.2) is 21.4 Å². The van der Waals surface area contributed by atoms with Crippen molar-refractivity contribution in [2.45, 2.75) is 161 Å². The zero-order chi connectivity index (χ0) is 49.3. The Morgan fingerprint density at radius 2 is 1.48 bits per heavy atom. The molecule has 1 fully saturated rings. The number of primary amides is 1. The van der Waals surface area contributed by atoms with E-state index < -0.39 is 86.7 Å². The molecule has 2 aromatic rings. The molecule has 0 saturated carbocycles. The lowest BCUT2D eigenvalue weighted by molar-refractivity contribution is -0.142. The van der Waals surface area contributed by atoms with Crippen LogP contribution in [0.4, 0.5) is 0 Å². The van der Waals surface area contributed by atoms with Crippen LogP contribution in [0, 0.1) is 17.8 Å². The molecule has 7 N–H and O–H groups in total. The lowest BCUT2D eigenvalue weighted by atomic mass is 9.88. The summed E-state index contributed by atoms with van der Waals surface area (Å²) in [4.78, 5) is 85.3. The normalized spacial score (nSPS) is 19.9. The molecule has 2 heterocycles. The van der Waals surface area contributed by atoms with Crippen molar-refractivity contribution in [3.05, 3.63) is 47.5 Å². The van der Waals surface area contributed by atoms with Gasteiger partial charge in [0.05, 0.1) is 23.5 Å². The number of nitrogens with zero attached hydrogens (tertiary/aromatic N) is 2. The second kappa shape index (κ2) is 26.6. The zero-order valence-electron chi connectivity index (χ0n) is 40.3. The number of amides is 4. The average Bonchev–Trinajstić information content (AvgIpc) is 3.79. The van der Waals surface area contributed by atoms with E-state index in [0.717, 1.165) is 25.7 Å². The molecule has 2 aliphatic heterocycles. The van der Waals surface area contributed by atoms with Crippen LogP contribution in [0.25, 0.3) is 11.1 Å². The van der Waals surface area contributed by atoms with Gasteiger partial charge in [-0.1, -0.05) is 104 Å². The van der Waals surface area contributed by atoms with Crippen LogP contribution >= 0.6 is 0 Å². The van der Waals surface area contributed by atoms with E-state index in [1.807, 2.05) is 0 Å². The summed E-state index contributed by atoms with van der Waals surface area (Å²) in [6.45, 7) is 5.99. The number of unbranched alkanes of at least 4 members (excludes halogenated alkanes) is 11. The Kier molecular flexibility index (Phi) is 21.8. The molecule has 4 bridgehead atoms. The first kappa shape index (κ1) is 54.8. The van der Waals surface area contributed by atoms with Crippen molar-refractivity contribution in [3.63, 3.8) is 0 Å². The highest BCUT2D eigenvalue weighted by Crippen LogP contribution is 2.40. The SMILES string of the molecule is CCCCCCCCCCCCCS(=O)(=O)C[C@@H](CCCCN)C(=O)N(C)[C@@H]1C(=O)C[C@@H](C)C(=O)N[C@H](C(=O)C[C@@H](C)C(=O)N2CCC[C@H]2C(N)=O)Cc2ccc(O)c(c2)-c2cc1ccc2O. The Morgan fingerprint density at radius 1 is 0.866 bits per heavy atom. The Bertz CT molecular complexity index is 2130. The molecule has 2 aliphatic rings. The zero-order valence-corrected chi connectivity index (χ0v) is 41.1. The van der Waals surface area contributed by atoms with Crippen LogP contribution in [-0.2, 0) is 45.0 Å². The molecule has 372 valence electrons. The minimum atomic E-state index is -3.68. The number of sulfone groups is 1. The average molecular weight is 952 g/mol. The highest BCUT2D eigenvalue weighted by atomic mass is 32.2. The van der Waals surface area contributed by atoms with Gasteiger partial charge in [-0.15, -0.1) is 0 Å². The third-order valence-electron chi connectivity index (χ3n) is 13.5. The first-order valence-electron chi connectivity index (χ1n) is 24.7. The third-order valence-corrected chi connectivity index (χ3v) is 15.3. The maximum atomic E-state index is 14.6. The summed E-state index contributed by atoms with van der Waals surface area (Å²) in [5.41, 5.74) is 12.4. The molecule has 4 rings (SSSR count). The smallest absolute Gasteiger partial charge is 0.240 e. The Hall–Kier alpha value is -4.83. The minimum absolute atomic E-state index is 0.0545. The first-order valence-corrected chi connectivity index (χ1v) is 26.5. The number of ketones is 2. The number of phenolic OH excluding ortho intramolecular Hbond substituents is 2. The summed E-state index contributed by atoms with van der Waals surface area (Å²) < 4.78 is 27.3. The monoisotopic (exact) mass is 952 g/mol. The number of likely N-dealkylation sites (tertiary alicyclic amines) is 1. The molecule has 15 nitrogen and oxygen atoms in total. The van der Waals surface area contributed by atoms with Crippen molar-refractivity contribution < 1.29 is 47.4 Å². The minimum Gasteiger partial charge on any atom is -0.507 e. The summed E-state index contributed by atoms with van der Waals surface area (Å²) >= 11 is 0. The number of nitrogens with one attached hydrogen (secondary N) is 1. The standard InChI is InChI=1S/C51H77N5O10S/c1-5-6-7-8-9-10-11-12-13-14-17-27-67(65,66)33-38(19-15-16-25-52)51(64)55(4)47-37-22-24-44(58)40(32-37)39-30-36(21-23-43(39)57)31-41(54-49(62)34(2)28-46(47)60)45(59)29-35(3)50(63)56-26-18-20-42(56)48(53)61/h21-24,30,32,34-35,38,41-42,47,57-58H,5-20,25-29,31,33,52H2,1-4H3,(H2,53,61)(H,54,62)/t34-,35-,38-,41+,42+,47+/m1/s1. The Labute approximate surface area is 398 Å². The van der Waals surface area contributed by atoms with E-state index in [1.54, 1.807) is 19.1 Å². The molecule has 4 amide bonds. The Morgan fingerprint density at radius 3 is 2.10 bits per heavy atom. The van der Waals surface area contributed by atoms with Crippen LogP contribution < -0.4 is 16.8 Å². The lowest BCUT2D eigenvalue weighted by Gasteiger charge is -2.32. The van der Waals surface area contributed by atoms with Gasteiger partial charge in [-0.3, -0.25) is 28.8 Å². The second-order valence-electron chi connectivity index (χ2n) is 19.1. The summed E-state index contributed by atoms with van der Waals surface area (Å²) in [7, 11) is -2.25. The maximum Gasteiger partial charge on any atom is 0.240 e. The lowest BCUT2D eigenvalue weighted by Crippen LogP contribution is -2.48. The fourth-order valence-corrected chi connectivity index (χ4v) is 11.3. The summed E-state index contributed by atoms with van der Waals surface area (Å²) in [5, 5.41) is 25.2. The van der Waals surface area contributed by atoms with Crippen molar-refractivity contribution >= 4 is 45.0 Å². The van der Waals surface area contributed by atoms with Gasteiger partial charge in [0.25, 0.3) is 0 Å². The van der Waals surface area contributed by atoms with Crippen LogP contribution in [0.5, 0.6) is 11.5 Å². The number of carbonyl (C=O) groups is 6. The number of benzene rings is 2. The number of carbonyl (C=O) groups excluding carboxylic acids is 6. The summed E-state index contributed by atoms with van der Waals surface area (Å²) in [6.07, 6.45) is 13.4. The van der Waals surface area contributed by atoms with E-state index in [2.05, 4.69) is 12.2 Å². The van der Waals surface area contributed by atoms with Crippen LogP contribution in [0.15, 0.2) is 36.4 Å². The molecule has 1 saturated heterocycles. The molecule has 2 aromatic carbocycles. The predicted molar refractivity (Wildman–Crippen MR) is 259 cm³/mol. The molecule has 0 aliphatic carbocycles. The molecule has 0 unspecified atom stereocenters. The van der Waals surface area contributed by atoms with Gasteiger partial charge in [-0.25, -0.2) is 8.42 Å². The second-order valence-corrected chi connectivity index (χ2v) is 21.3. The van der Waals surface area contributed by atoms with Gasteiger partial charge in [0, 0.05) is 49.4 Å². The molecule has 0 spiro atoms. The molecular weight excluding hydrogens is 875 g/mol. The van der Waals surface area contributed by atoms with E-state index >= 15 is 0 Å². The van der Waals surface area contributed by atoms with E-state index in [-0.39, 0.29) is 59.6 Å². The number of hydrogen-bond donors (Lipinski definition) is 5. The van der Waals surface area contributed by atoms with Crippen LogP contribution in [0.2, 0.25) is 0 Å².